The molecule has 0 aliphatic carbocycles. The molecule has 29 heavy (non-hydrogen) atoms. The predicted molar refractivity (Wildman–Crippen MR) is 106 cm³/mol. The van der Waals surface area contributed by atoms with Crippen molar-refractivity contribution in [2.45, 2.75) is 26.9 Å². The Bertz CT molecular complexity index is 923. The zero-order valence-corrected chi connectivity index (χ0v) is 16.4. The van der Waals surface area contributed by atoms with E-state index in [4.69, 9.17) is 19.0 Å². The highest BCUT2D eigenvalue weighted by molar-refractivity contribution is 5.99. The van der Waals surface area contributed by atoms with Gasteiger partial charge in [0.1, 0.15) is 0 Å². The summed E-state index contributed by atoms with van der Waals surface area (Å²) < 4.78 is 15.6. The summed E-state index contributed by atoms with van der Waals surface area (Å²) in [6, 6.07) is 12.7. The molecule has 3 rings (SSSR count). The lowest BCUT2D eigenvalue weighted by Crippen LogP contribution is -2.31. The molecule has 1 heterocycles. The number of aryl methyl sites for hydroxylation is 1. The number of carbonyl (C=O) groups is 2. The van der Waals surface area contributed by atoms with Crippen molar-refractivity contribution in [3.05, 3.63) is 53.6 Å². The van der Waals surface area contributed by atoms with Gasteiger partial charge in [-0.05, 0) is 51.1 Å². The van der Waals surface area contributed by atoms with Gasteiger partial charge in [-0.3, -0.25) is 4.79 Å². The summed E-state index contributed by atoms with van der Waals surface area (Å²) in [6.07, 6.45) is -0.966. The highest BCUT2D eigenvalue weighted by Crippen LogP contribution is 2.32. The number of nitrogens with one attached hydrogen (secondary N) is 1. The number of fused-ring (bicyclic) bond motifs is 1. The molecule has 0 saturated heterocycles. The summed E-state index contributed by atoms with van der Waals surface area (Å²) >= 11 is 0. The lowest BCUT2D eigenvalue weighted by atomic mass is 10.1. The highest BCUT2D eigenvalue weighted by Gasteiger charge is 2.18. The minimum Gasteiger partial charge on any atom is -0.454 e. The van der Waals surface area contributed by atoms with Gasteiger partial charge in [0.15, 0.2) is 17.6 Å². The summed E-state index contributed by atoms with van der Waals surface area (Å²) in [7, 11) is 0. The average Bonchev–Trinajstić information content (AvgIpc) is 3.17. The van der Waals surface area contributed by atoms with Gasteiger partial charge in [0.25, 0.3) is 5.91 Å². The SMILES string of the molecule is C/C(=N/OCC(=O)O[C@@H](C)C(=O)Nc1ccc(C)cc1)c1ccc2c(c1)OCO2. The minimum absolute atomic E-state index is 0.187. The van der Waals surface area contributed by atoms with Crippen LogP contribution in [-0.2, 0) is 19.2 Å². The molecule has 2 aromatic carbocycles. The van der Waals surface area contributed by atoms with E-state index in [0.717, 1.165) is 11.1 Å². The zero-order valence-electron chi connectivity index (χ0n) is 16.4. The van der Waals surface area contributed by atoms with Crippen molar-refractivity contribution < 1.29 is 28.6 Å². The van der Waals surface area contributed by atoms with Crippen LogP contribution in [0.2, 0.25) is 0 Å². The fraction of sp³-hybridized carbons (Fsp3) is 0.286. The van der Waals surface area contributed by atoms with Gasteiger partial charge < -0.3 is 24.4 Å². The Hall–Kier alpha value is -3.55. The van der Waals surface area contributed by atoms with Crippen LogP contribution < -0.4 is 14.8 Å². The van der Waals surface area contributed by atoms with E-state index < -0.39 is 24.6 Å². The Balaban J connectivity index is 1.45. The van der Waals surface area contributed by atoms with Crippen LogP contribution in [0.15, 0.2) is 47.6 Å². The molecule has 8 nitrogen and oxygen atoms in total. The molecular formula is C21H22N2O6. The Labute approximate surface area is 168 Å². The van der Waals surface area contributed by atoms with E-state index in [0.29, 0.717) is 22.9 Å². The number of carbonyl (C=O) groups excluding carboxylic acids is 2. The molecule has 0 radical (unpaired) electrons. The first-order valence-corrected chi connectivity index (χ1v) is 9.06. The average molecular weight is 398 g/mol. The number of rotatable bonds is 7. The summed E-state index contributed by atoms with van der Waals surface area (Å²) in [4.78, 5) is 29.1. The maximum atomic E-state index is 12.1. The van der Waals surface area contributed by atoms with Crippen molar-refractivity contribution in [2.75, 3.05) is 18.7 Å². The molecular weight excluding hydrogens is 376 g/mol. The molecule has 0 fully saturated rings. The van der Waals surface area contributed by atoms with Gasteiger partial charge in [-0.15, -0.1) is 0 Å². The fourth-order valence-electron chi connectivity index (χ4n) is 2.52. The summed E-state index contributed by atoms with van der Waals surface area (Å²) in [6.45, 7) is 4.95. The quantitative estimate of drug-likeness (QED) is 0.438. The molecule has 1 amide bonds. The zero-order chi connectivity index (χ0) is 20.8. The molecule has 152 valence electrons. The third-order valence-corrected chi connectivity index (χ3v) is 4.17. The highest BCUT2D eigenvalue weighted by atomic mass is 16.7. The third kappa shape index (κ3) is 5.47. The number of esters is 1. The van der Waals surface area contributed by atoms with Crippen LogP contribution in [0.3, 0.4) is 0 Å². The molecule has 0 aromatic heterocycles. The topological polar surface area (TPSA) is 95.5 Å². The van der Waals surface area contributed by atoms with Crippen LogP contribution >= 0.6 is 0 Å². The summed E-state index contributed by atoms with van der Waals surface area (Å²) in [5.74, 6) is 0.176. The van der Waals surface area contributed by atoms with Crippen LogP contribution in [0, 0.1) is 6.92 Å². The molecule has 1 atom stereocenters. The van der Waals surface area contributed by atoms with E-state index in [2.05, 4.69) is 10.5 Å². The van der Waals surface area contributed by atoms with Gasteiger partial charge in [-0.2, -0.15) is 0 Å². The van der Waals surface area contributed by atoms with Crippen LogP contribution in [0.25, 0.3) is 0 Å². The second kappa shape index (κ2) is 9.09. The predicted octanol–water partition coefficient (Wildman–Crippen LogP) is 3.03. The van der Waals surface area contributed by atoms with E-state index in [-0.39, 0.29) is 6.79 Å². The number of benzene rings is 2. The second-order valence-corrected chi connectivity index (χ2v) is 6.51. The van der Waals surface area contributed by atoms with E-state index >= 15 is 0 Å². The monoisotopic (exact) mass is 398 g/mol. The largest absolute Gasteiger partial charge is 0.454 e. The number of hydrogen-bond donors (Lipinski definition) is 1. The number of nitrogens with zero attached hydrogens (tertiary/aromatic N) is 1. The molecule has 1 aliphatic heterocycles. The first-order valence-electron chi connectivity index (χ1n) is 9.06. The Morgan fingerprint density at radius 2 is 1.86 bits per heavy atom. The van der Waals surface area contributed by atoms with Crippen molar-refractivity contribution in [1.82, 2.24) is 0 Å². The summed E-state index contributed by atoms with van der Waals surface area (Å²) in [5, 5.41) is 6.59. The van der Waals surface area contributed by atoms with E-state index in [1.807, 2.05) is 25.1 Å². The maximum Gasteiger partial charge on any atom is 0.347 e. The van der Waals surface area contributed by atoms with Gasteiger partial charge in [-0.1, -0.05) is 22.9 Å². The van der Waals surface area contributed by atoms with Gasteiger partial charge >= 0.3 is 5.97 Å². The molecule has 1 N–H and O–H groups in total. The fourth-order valence-corrected chi connectivity index (χ4v) is 2.52. The first-order chi connectivity index (χ1) is 13.9. The van der Waals surface area contributed by atoms with Gasteiger partial charge in [-0.25, -0.2) is 4.79 Å². The third-order valence-electron chi connectivity index (χ3n) is 4.17. The van der Waals surface area contributed by atoms with Gasteiger partial charge in [0.05, 0.1) is 5.71 Å². The van der Waals surface area contributed by atoms with E-state index in [1.165, 1.54) is 6.92 Å². The van der Waals surface area contributed by atoms with Gasteiger partial charge in [0.2, 0.25) is 13.4 Å². The molecule has 2 aromatic rings. The lowest BCUT2D eigenvalue weighted by molar-refractivity contribution is -0.157. The number of anilines is 1. The number of oxime groups is 1. The van der Waals surface area contributed by atoms with Crippen molar-refractivity contribution in [3.8, 4) is 11.5 Å². The normalized spacial score (nSPS) is 13.6. The van der Waals surface area contributed by atoms with Crippen LogP contribution in [0.4, 0.5) is 5.69 Å². The van der Waals surface area contributed by atoms with E-state index in [1.54, 1.807) is 31.2 Å². The number of amides is 1. The smallest absolute Gasteiger partial charge is 0.347 e. The van der Waals surface area contributed by atoms with Crippen molar-refractivity contribution in [2.24, 2.45) is 5.16 Å². The van der Waals surface area contributed by atoms with Crippen molar-refractivity contribution in [3.63, 3.8) is 0 Å². The van der Waals surface area contributed by atoms with Crippen molar-refractivity contribution >= 4 is 23.3 Å². The molecule has 8 heteroatoms. The molecule has 0 spiro atoms. The standard InChI is InChI=1S/C21H22N2O6/c1-13-4-7-17(8-5-13)22-21(25)15(3)29-20(24)11-28-23-14(2)16-6-9-18-19(10-16)27-12-26-18/h4-10,15H,11-12H2,1-3H3,(H,22,25)/b23-14-/t15-/m0/s1. The lowest BCUT2D eigenvalue weighted by Gasteiger charge is -2.13. The molecule has 0 saturated carbocycles. The van der Waals surface area contributed by atoms with Crippen LogP contribution in [-0.4, -0.2) is 37.1 Å². The number of ether oxygens (including phenoxy) is 3. The van der Waals surface area contributed by atoms with E-state index in [9.17, 15) is 9.59 Å². The Morgan fingerprint density at radius 1 is 1.14 bits per heavy atom. The first kappa shape index (κ1) is 20.2. The Morgan fingerprint density at radius 3 is 2.62 bits per heavy atom. The number of hydrogen-bond acceptors (Lipinski definition) is 7. The molecule has 0 unspecified atom stereocenters. The van der Waals surface area contributed by atoms with Crippen molar-refractivity contribution in [1.29, 1.82) is 0 Å². The van der Waals surface area contributed by atoms with Crippen LogP contribution in [0.5, 0.6) is 11.5 Å². The van der Waals surface area contributed by atoms with Gasteiger partial charge in [0, 0.05) is 11.3 Å². The Kier molecular flexibility index (Phi) is 6.33. The maximum absolute atomic E-state index is 12.1. The van der Waals surface area contributed by atoms with Crippen LogP contribution in [0.1, 0.15) is 25.0 Å². The summed E-state index contributed by atoms with van der Waals surface area (Å²) in [5.41, 5.74) is 3.04. The second-order valence-electron chi connectivity index (χ2n) is 6.51. The molecule has 1 aliphatic rings. The minimum atomic E-state index is -0.966. The molecule has 0 bridgehead atoms.